The largest absolute Gasteiger partial charge is 0.490 e. The standard InChI is InChI=1S/C22H18ClF3N2O5S/c1-3-32-15-8-11(7-12(23)20(15)33-4-2)9-16-21(30)28(22(31)34-16)10-17(29)27-14-6-5-13(24)18(25)19(14)26/h5-9H,3-4,10H2,1-2H3,(H,27,29)/b16-9+. The van der Waals surface area contributed by atoms with Gasteiger partial charge in [0, 0.05) is 0 Å². The number of hydrogen-bond acceptors (Lipinski definition) is 6. The van der Waals surface area contributed by atoms with E-state index in [1.807, 2.05) is 5.32 Å². The van der Waals surface area contributed by atoms with E-state index in [1.54, 1.807) is 19.9 Å². The first kappa shape index (κ1) is 25.4. The minimum atomic E-state index is -1.76. The molecule has 0 atom stereocenters. The molecule has 34 heavy (non-hydrogen) atoms. The molecule has 2 aromatic rings. The van der Waals surface area contributed by atoms with Crippen molar-refractivity contribution in [3.63, 3.8) is 0 Å². The normalized spacial score (nSPS) is 14.6. The van der Waals surface area contributed by atoms with E-state index in [2.05, 4.69) is 0 Å². The number of nitrogens with zero attached hydrogens (tertiary/aromatic N) is 1. The highest BCUT2D eigenvalue weighted by molar-refractivity contribution is 8.18. The summed E-state index contributed by atoms with van der Waals surface area (Å²) in [7, 11) is 0. The lowest BCUT2D eigenvalue weighted by Crippen LogP contribution is -2.36. The van der Waals surface area contributed by atoms with Crippen molar-refractivity contribution in [2.75, 3.05) is 25.1 Å². The fraction of sp³-hybridized carbons (Fsp3) is 0.227. The lowest BCUT2D eigenvalue weighted by Gasteiger charge is -2.14. The van der Waals surface area contributed by atoms with Gasteiger partial charge in [-0.05, 0) is 61.5 Å². The number of rotatable bonds is 8. The average molecular weight is 515 g/mol. The summed E-state index contributed by atoms with van der Waals surface area (Å²) in [5, 5.41) is 1.52. The number of anilines is 1. The summed E-state index contributed by atoms with van der Waals surface area (Å²) in [4.78, 5) is 37.9. The Balaban J connectivity index is 1.78. The molecule has 1 fully saturated rings. The number of halogens is 4. The van der Waals surface area contributed by atoms with Crippen LogP contribution in [-0.2, 0) is 9.59 Å². The van der Waals surface area contributed by atoms with Crippen LogP contribution in [0.1, 0.15) is 19.4 Å². The summed E-state index contributed by atoms with van der Waals surface area (Å²) < 4.78 is 51.2. The molecule has 0 aromatic heterocycles. The number of hydrogen-bond donors (Lipinski definition) is 1. The Labute approximate surface area is 201 Å². The second-order valence-corrected chi connectivity index (χ2v) is 8.14. The van der Waals surface area contributed by atoms with Gasteiger partial charge in [0.05, 0.1) is 28.8 Å². The van der Waals surface area contributed by atoms with Crippen molar-refractivity contribution in [3.05, 3.63) is 57.2 Å². The fourth-order valence-electron chi connectivity index (χ4n) is 2.96. The molecule has 0 saturated carbocycles. The molecule has 12 heteroatoms. The van der Waals surface area contributed by atoms with Crippen molar-refractivity contribution < 1.29 is 37.0 Å². The summed E-state index contributed by atoms with van der Waals surface area (Å²) in [6.07, 6.45) is 1.40. The number of carbonyl (C=O) groups is 3. The van der Waals surface area contributed by atoms with Gasteiger partial charge in [-0.15, -0.1) is 0 Å². The van der Waals surface area contributed by atoms with Crippen LogP contribution in [-0.4, -0.2) is 41.7 Å². The van der Waals surface area contributed by atoms with Crippen molar-refractivity contribution in [2.24, 2.45) is 0 Å². The third kappa shape index (κ3) is 5.48. The predicted molar refractivity (Wildman–Crippen MR) is 121 cm³/mol. The summed E-state index contributed by atoms with van der Waals surface area (Å²) in [5.74, 6) is -5.82. The van der Waals surface area contributed by atoms with Gasteiger partial charge in [-0.25, -0.2) is 13.2 Å². The van der Waals surface area contributed by atoms with Crippen LogP contribution in [0, 0.1) is 17.5 Å². The highest BCUT2D eigenvalue weighted by Crippen LogP contribution is 2.39. The molecule has 3 amide bonds. The van der Waals surface area contributed by atoms with E-state index >= 15 is 0 Å². The van der Waals surface area contributed by atoms with Crippen molar-refractivity contribution in [3.8, 4) is 11.5 Å². The van der Waals surface area contributed by atoms with Crippen LogP contribution >= 0.6 is 23.4 Å². The molecule has 1 N–H and O–H groups in total. The lowest BCUT2D eigenvalue weighted by atomic mass is 10.1. The first-order chi connectivity index (χ1) is 16.2. The molecule has 7 nitrogen and oxygen atoms in total. The van der Waals surface area contributed by atoms with E-state index in [0.717, 1.165) is 6.07 Å². The maximum atomic E-state index is 13.8. The van der Waals surface area contributed by atoms with E-state index in [0.29, 0.717) is 53.0 Å². The Kier molecular flexibility index (Phi) is 8.11. The number of imide groups is 1. The molecule has 0 bridgehead atoms. The third-order valence-corrected chi connectivity index (χ3v) is 5.59. The summed E-state index contributed by atoms with van der Waals surface area (Å²) in [6.45, 7) is 3.50. The maximum absolute atomic E-state index is 13.8. The van der Waals surface area contributed by atoms with Crippen LogP contribution in [0.25, 0.3) is 6.08 Å². The topological polar surface area (TPSA) is 84.9 Å². The number of thioether (sulfide) groups is 1. The van der Waals surface area contributed by atoms with Crippen LogP contribution < -0.4 is 14.8 Å². The Hall–Kier alpha value is -3.18. The second kappa shape index (κ2) is 10.8. The van der Waals surface area contributed by atoms with Crippen molar-refractivity contribution in [1.29, 1.82) is 0 Å². The maximum Gasteiger partial charge on any atom is 0.294 e. The number of amides is 3. The minimum absolute atomic E-state index is 0.0134. The Morgan fingerprint density at radius 2 is 1.82 bits per heavy atom. The third-order valence-electron chi connectivity index (χ3n) is 4.40. The SMILES string of the molecule is CCOc1cc(/C=C2/SC(=O)N(CC(=O)Nc3ccc(F)c(F)c3F)C2=O)cc(Cl)c1OCC. The zero-order valence-corrected chi connectivity index (χ0v) is 19.5. The highest BCUT2D eigenvalue weighted by Gasteiger charge is 2.36. The van der Waals surface area contributed by atoms with Gasteiger partial charge in [0.2, 0.25) is 5.91 Å². The Bertz CT molecular complexity index is 1190. The average Bonchev–Trinajstić information content (AvgIpc) is 3.04. The minimum Gasteiger partial charge on any atom is -0.490 e. The van der Waals surface area contributed by atoms with Crippen LogP contribution in [0.15, 0.2) is 29.2 Å². The van der Waals surface area contributed by atoms with E-state index in [9.17, 15) is 27.6 Å². The highest BCUT2D eigenvalue weighted by atomic mass is 35.5. The molecule has 1 aliphatic heterocycles. The molecule has 3 rings (SSSR count). The molecule has 1 heterocycles. The van der Waals surface area contributed by atoms with Gasteiger partial charge in [-0.3, -0.25) is 19.3 Å². The summed E-state index contributed by atoms with van der Waals surface area (Å²) in [6, 6.07) is 4.58. The summed E-state index contributed by atoms with van der Waals surface area (Å²) in [5.41, 5.74) is -0.172. The van der Waals surface area contributed by atoms with Gasteiger partial charge in [-0.2, -0.15) is 0 Å². The van der Waals surface area contributed by atoms with Crippen LogP contribution in [0.3, 0.4) is 0 Å². The number of benzene rings is 2. The monoisotopic (exact) mass is 514 g/mol. The van der Waals surface area contributed by atoms with Crippen LogP contribution in [0.4, 0.5) is 23.7 Å². The smallest absolute Gasteiger partial charge is 0.294 e. The number of carbonyl (C=O) groups excluding carboxylic acids is 3. The molecule has 1 saturated heterocycles. The van der Waals surface area contributed by atoms with Gasteiger partial charge < -0.3 is 14.8 Å². The number of nitrogens with one attached hydrogen (secondary N) is 1. The van der Waals surface area contributed by atoms with Gasteiger partial charge in [0.15, 0.2) is 29.0 Å². The quantitative estimate of drug-likeness (QED) is 0.383. The van der Waals surface area contributed by atoms with E-state index in [-0.39, 0.29) is 9.93 Å². The van der Waals surface area contributed by atoms with E-state index < -0.39 is 46.7 Å². The van der Waals surface area contributed by atoms with E-state index in [1.165, 1.54) is 12.1 Å². The summed E-state index contributed by atoms with van der Waals surface area (Å²) >= 11 is 6.86. The number of ether oxygens (including phenoxy) is 2. The fourth-order valence-corrected chi connectivity index (χ4v) is 4.07. The van der Waals surface area contributed by atoms with Gasteiger partial charge in [-0.1, -0.05) is 11.6 Å². The molecule has 0 spiro atoms. The molecule has 180 valence electrons. The predicted octanol–water partition coefficient (Wildman–Crippen LogP) is 5.23. The molecule has 0 unspecified atom stereocenters. The van der Waals surface area contributed by atoms with Gasteiger partial charge in [0.25, 0.3) is 11.1 Å². The van der Waals surface area contributed by atoms with Crippen molar-refractivity contribution in [2.45, 2.75) is 13.8 Å². The molecule has 0 aliphatic carbocycles. The molecule has 1 aliphatic rings. The molecule has 2 aromatic carbocycles. The van der Waals surface area contributed by atoms with Crippen molar-refractivity contribution in [1.82, 2.24) is 4.90 Å². The van der Waals surface area contributed by atoms with Crippen LogP contribution in [0.5, 0.6) is 11.5 Å². The molecule has 0 radical (unpaired) electrons. The Morgan fingerprint density at radius 3 is 2.50 bits per heavy atom. The first-order valence-corrected chi connectivity index (χ1v) is 11.1. The second-order valence-electron chi connectivity index (χ2n) is 6.73. The van der Waals surface area contributed by atoms with Crippen molar-refractivity contribution >= 4 is 52.2 Å². The molecular formula is C22H18ClF3N2O5S. The van der Waals surface area contributed by atoms with Gasteiger partial charge in [0.1, 0.15) is 6.54 Å². The van der Waals surface area contributed by atoms with Gasteiger partial charge >= 0.3 is 0 Å². The zero-order valence-electron chi connectivity index (χ0n) is 17.9. The Morgan fingerprint density at radius 1 is 1.12 bits per heavy atom. The van der Waals surface area contributed by atoms with E-state index in [4.69, 9.17) is 21.1 Å². The van der Waals surface area contributed by atoms with Crippen LogP contribution in [0.2, 0.25) is 5.02 Å². The lowest BCUT2D eigenvalue weighted by molar-refractivity contribution is -0.127. The zero-order chi connectivity index (χ0) is 25.0. The first-order valence-electron chi connectivity index (χ1n) is 9.94. The molecular weight excluding hydrogens is 497 g/mol.